The second kappa shape index (κ2) is 9.17. The molecule has 1 atom stereocenters. The maximum atomic E-state index is 12.8. The minimum atomic E-state index is -4.55. The van der Waals surface area contributed by atoms with E-state index in [1.54, 1.807) is 4.90 Å². The normalized spacial score (nSPS) is 15.6. The number of hydrogen-bond donors (Lipinski definition) is 1. The number of para-hydroxylation sites is 1. The Balaban J connectivity index is 1.50. The van der Waals surface area contributed by atoms with Crippen molar-refractivity contribution in [2.75, 3.05) is 31.1 Å². The van der Waals surface area contributed by atoms with Crippen molar-refractivity contribution in [3.05, 3.63) is 65.7 Å². The number of anilines is 1. The number of piperazine rings is 1. The Labute approximate surface area is 172 Å². The number of benzene rings is 2. The van der Waals surface area contributed by atoms with Gasteiger partial charge in [-0.1, -0.05) is 24.3 Å². The Bertz CT molecular complexity index is 882. The smallest absolute Gasteiger partial charge is 0.368 e. The number of hydrogen-bond acceptors (Lipinski definition) is 4. The topological polar surface area (TPSA) is 61.9 Å². The number of alkyl halides is 3. The van der Waals surface area contributed by atoms with E-state index < -0.39 is 23.8 Å². The van der Waals surface area contributed by atoms with Crippen molar-refractivity contribution in [1.29, 1.82) is 0 Å². The van der Waals surface area contributed by atoms with Crippen LogP contribution in [0.2, 0.25) is 0 Å². The van der Waals surface area contributed by atoms with Crippen LogP contribution in [0.4, 0.5) is 18.9 Å². The predicted molar refractivity (Wildman–Crippen MR) is 105 cm³/mol. The molecule has 0 aliphatic carbocycles. The van der Waals surface area contributed by atoms with E-state index in [9.17, 15) is 22.8 Å². The van der Waals surface area contributed by atoms with Crippen LogP contribution in [0, 0.1) is 0 Å². The van der Waals surface area contributed by atoms with Crippen LogP contribution in [0.3, 0.4) is 0 Å². The highest BCUT2D eigenvalue weighted by atomic mass is 19.4. The van der Waals surface area contributed by atoms with Gasteiger partial charge in [-0.25, -0.2) is 5.48 Å². The number of halogens is 3. The Morgan fingerprint density at radius 2 is 1.67 bits per heavy atom. The van der Waals surface area contributed by atoms with Gasteiger partial charge in [-0.3, -0.25) is 14.4 Å². The molecule has 0 aromatic heterocycles. The van der Waals surface area contributed by atoms with Crippen molar-refractivity contribution in [2.45, 2.75) is 19.2 Å². The van der Waals surface area contributed by atoms with Crippen LogP contribution in [0.15, 0.2) is 54.6 Å². The van der Waals surface area contributed by atoms with Gasteiger partial charge in [0.1, 0.15) is 0 Å². The minimum absolute atomic E-state index is 0.207. The van der Waals surface area contributed by atoms with E-state index >= 15 is 0 Å². The Morgan fingerprint density at radius 1 is 1.00 bits per heavy atom. The lowest BCUT2D eigenvalue weighted by molar-refractivity contribution is -0.146. The number of carbonyl (C=O) groups excluding carboxylic acids is 2. The molecule has 0 radical (unpaired) electrons. The van der Waals surface area contributed by atoms with Gasteiger partial charge in [0, 0.05) is 37.4 Å². The van der Waals surface area contributed by atoms with Crippen molar-refractivity contribution >= 4 is 17.5 Å². The Hall–Kier alpha value is -3.07. The highest BCUT2D eigenvalue weighted by molar-refractivity contribution is 5.93. The molecule has 1 saturated heterocycles. The lowest BCUT2D eigenvalue weighted by Gasteiger charge is -2.37. The van der Waals surface area contributed by atoms with Gasteiger partial charge < -0.3 is 9.80 Å². The van der Waals surface area contributed by atoms with Gasteiger partial charge >= 0.3 is 6.18 Å². The summed E-state index contributed by atoms with van der Waals surface area (Å²) in [5.41, 5.74) is 2.01. The van der Waals surface area contributed by atoms with E-state index in [2.05, 4.69) is 10.4 Å². The fourth-order valence-corrected chi connectivity index (χ4v) is 3.17. The molecular formula is C21H22F3N3O3. The molecule has 6 nitrogen and oxygen atoms in total. The summed E-state index contributed by atoms with van der Waals surface area (Å²) in [6, 6.07) is 13.8. The maximum absolute atomic E-state index is 12.8. The second-order valence-corrected chi connectivity index (χ2v) is 6.92. The molecular weight excluding hydrogens is 399 g/mol. The van der Waals surface area contributed by atoms with Crippen LogP contribution in [0.25, 0.3) is 0 Å². The van der Waals surface area contributed by atoms with Crippen LogP contribution in [-0.4, -0.2) is 49.0 Å². The van der Waals surface area contributed by atoms with Gasteiger partial charge in [0.15, 0.2) is 6.10 Å². The number of carbonyl (C=O) groups is 2. The molecule has 2 amide bonds. The first-order chi connectivity index (χ1) is 14.3. The van der Waals surface area contributed by atoms with Crippen LogP contribution in [0.5, 0.6) is 0 Å². The van der Waals surface area contributed by atoms with E-state index in [4.69, 9.17) is 4.84 Å². The van der Waals surface area contributed by atoms with Crippen molar-refractivity contribution in [1.82, 2.24) is 10.4 Å². The van der Waals surface area contributed by atoms with Gasteiger partial charge in [-0.15, -0.1) is 0 Å². The number of nitrogens with one attached hydrogen (secondary N) is 1. The second-order valence-electron chi connectivity index (χ2n) is 6.92. The first-order valence-corrected chi connectivity index (χ1v) is 9.48. The molecule has 1 unspecified atom stereocenters. The summed E-state index contributed by atoms with van der Waals surface area (Å²) in [4.78, 5) is 33.6. The zero-order chi connectivity index (χ0) is 21.7. The molecule has 1 aliphatic rings. The van der Waals surface area contributed by atoms with Crippen molar-refractivity contribution in [3.63, 3.8) is 0 Å². The quantitative estimate of drug-likeness (QED) is 0.754. The summed E-state index contributed by atoms with van der Waals surface area (Å²) in [7, 11) is 0. The molecule has 3 rings (SSSR count). The molecule has 1 N–H and O–H groups in total. The SMILES string of the molecule is CC(ONC(=O)c1cccc(C(F)(F)F)c1)C(=O)N1CCN(c2ccccc2)CC1. The van der Waals surface area contributed by atoms with Crippen LogP contribution in [-0.2, 0) is 15.8 Å². The van der Waals surface area contributed by atoms with Crippen molar-refractivity contribution in [3.8, 4) is 0 Å². The number of hydroxylamine groups is 1. The number of amides is 2. The monoisotopic (exact) mass is 421 g/mol. The van der Waals surface area contributed by atoms with Crippen LogP contribution < -0.4 is 10.4 Å². The fraction of sp³-hybridized carbons (Fsp3) is 0.333. The van der Waals surface area contributed by atoms with E-state index in [1.165, 1.54) is 13.0 Å². The summed E-state index contributed by atoms with van der Waals surface area (Å²) < 4.78 is 38.3. The molecule has 9 heteroatoms. The zero-order valence-electron chi connectivity index (χ0n) is 16.4. The maximum Gasteiger partial charge on any atom is 0.416 e. The molecule has 2 aromatic carbocycles. The van der Waals surface area contributed by atoms with Gasteiger partial charge in [0.05, 0.1) is 5.56 Å². The molecule has 160 valence electrons. The zero-order valence-corrected chi connectivity index (χ0v) is 16.4. The van der Waals surface area contributed by atoms with E-state index in [0.717, 1.165) is 23.9 Å². The van der Waals surface area contributed by atoms with Crippen molar-refractivity contribution in [2.24, 2.45) is 0 Å². The molecule has 1 aliphatic heterocycles. The molecule has 0 saturated carbocycles. The summed E-state index contributed by atoms with van der Waals surface area (Å²) in [5, 5.41) is 0. The van der Waals surface area contributed by atoms with Crippen LogP contribution in [0.1, 0.15) is 22.8 Å². The summed E-state index contributed by atoms with van der Waals surface area (Å²) in [5.74, 6) is -1.15. The fourth-order valence-electron chi connectivity index (χ4n) is 3.17. The molecule has 0 spiro atoms. The van der Waals surface area contributed by atoms with E-state index in [-0.39, 0.29) is 11.5 Å². The van der Waals surface area contributed by atoms with Crippen LogP contribution >= 0.6 is 0 Å². The number of nitrogens with zero attached hydrogens (tertiary/aromatic N) is 2. The highest BCUT2D eigenvalue weighted by Gasteiger charge is 2.31. The van der Waals surface area contributed by atoms with E-state index in [0.29, 0.717) is 26.2 Å². The predicted octanol–water partition coefficient (Wildman–Crippen LogP) is 3.10. The summed E-state index contributed by atoms with van der Waals surface area (Å²) >= 11 is 0. The molecule has 30 heavy (non-hydrogen) atoms. The third-order valence-electron chi connectivity index (χ3n) is 4.84. The molecule has 1 fully saturated rings. The van der Waals surface area contributed by atoms with Gasteiger partial charge in [0.2, 0.25) is 0 Å². The standard InChI is InChI=1S/C21H22F3N3O3/c1-15(30-25-19(28)16-6-5-7-17(14-16)21(22,23)24)20(29)27-12-10-26(11-13-27)18-8-3-2-4-9-18/h2-9,14-15H,10-13H2,1H3,(H,25,28). The summed E-state index contributed by atoms with van der Waals surface area (Å²) in [6.07, 6.45) is -5.52. The molecule has 0 bridgehead atoms. The first-order valence-electron chi connectivity index (χ1n) is 9.48. The lowest BCUT2D eigenvalue weighted by Crippen LogP contribution is -2.52. The van der Waals surface area contributed by atoms with E-state index in [1.807, 2.05) is 30.3 Å². The minimum Gasteiger partial charge on any atom is -0.368 e. The molecule has 2 aromatic rings. The third kappa shape index (κ3) is 5.29. The third-order valence-corrected chi connectivity index (χ3v) is 4.84. The van der Waals surface area contributed by atoms with Gasteiger partial charge in [-0.05, 0) is 37.3 Å². The van der Waals surface area contributed by atoms with Gasteiger partial charge in [0.25, 0.3) is 11.8 Å². The van der Waals surface area contributed by atoms with Gasteiger partial charge in [-0.2, -0.15) is 13.2 Å². The lowest BCUT2D eigenvalue weighted by atomic mass is 10.1. The Kier molecular flexibility index (Phi) is 6.61. The Morgan fingerprint density at radius 3 is 2.30 bits per heavy atom. The average molecular weight is 421 g/mol. The molecule has 1 heterocycles. The average Bonchev–Trinajstić information content (AvgIpc) is 2.77. The van der Waals surface area contributed by atoms with Crippen molar-refractivity contribution < 1.29 is 27.6 Å². The number of rotatable bonds is 5. The largest absolute Gasteiger partial charge is 0.416 e. The summed E-state index contributed by atoms with van der Waals surface area (Å²) in [6.45, 7) is 3.82. The first kappa shape index (κ1) is 21.6. The highest BCUT2D eigenvalue weighted by Crippen LogP contribution is 2.29.